The first-order chi connectivity index (χ1) is 24.2. The van der Waals surface area contributed by atoms with Gasteiger partial charge in [0.1, 0.15) is 24.4 Å². The van der Waals surface area contributed by atoms with E-state index in [4.69, 9.17) is 5.73 Å². The van der Waals surface area contributed by atoms with Gasteiger partial charge in [-0.2, -0.15) is 0 Å². The van der Waals surface area contributed by atoms with Crippen LogP contribution < -0.4 is 32.3 Å². The molecule has 1 fully saturated rings. The molecule has 0 aliphatic carbocycles. The van der Waals surface area contributed by atoms with Crippen molar-refractivity contribution < 1.29 is 33.6 Å². The molecule has 3 aromatic rings. The number of rotatable bonds is 16. The lowest BCUT2D eigenvalue weighted by Crippen LogP contribution is -2.56. The summed E-state index contributed by atoms with van der Waals surface area (Å²) in [5, 5.41) is 12.9. The number of aldehydes is 1. The van der Waals surface area contributed by atoms with Gasteiger partial charge in [-0.1, -0.05) is 72.8 Å². The molecule has 50 heavy (non-hydrogen) atoms. The standard InChI is InChI=1S/C36H41N7O7/c37-27-15-8-7-14-26(27)33(47)39-22-31(45)41-28(20-24-10-3-1-4-11-24)35(49)40-23-32(46)43-18-9-16-30(43)36(50)42-29(34(48)38-17-19-44)21-25-12-5-2-6-13-25/h1-8,10-15,19,28-30H,9,16-18,20-23,37H2,(H,38,48)(H,39,47)(H,40,49)(H,41,45)(H,42,50)/t28-,29-,30-/m0/s1. The molecular formula is C36H41N7O7. The highest BCUT2D eigenvalue weighted by molar-refractivity contribution is 6.01. The predicted octanol–water partition coefficient (Wildman–Crippen LogP) is -0.124. The van der Waals surface area contributed by atoms with Crippen LogP contribution in [0.2, 0.25) is 0 Å². The van der Waals surface area contributed by atoms with Crippen LogP contribution in [0.25, 0.3) is 0 Å². The number of amides is 6. The number of carbonyl (C=O) groups excluding carboxylic acids is 7. The Bertz CT molecular complexity index is 1670. The van der Waals surface area contributed by atoms with Gasteiger partial charge < -0.3 is 42.0 Å². The van der Waals surface area contributed by atoms with Gasteiger partial charge in [0.15, 0.2) is 0 Å². The lowest BCUT2D eigenvalue weighted by atomic mass is 10.0. The van der Waals surface area contributed by atoms with Gasteiger partial charge in [-0.15, -0.1) is 0 Å². The van der Waals surface area contributed by atoms with Gasteiger partial charge in [-0.05, 0) is 36.1 Å². The fraction of sp³-hybridized carbons (Fsp3) is 0.306. The quantitative estimate of drug-likeness (QED) is 0.0884. The molecule has 1 aliphatic heterocycles. The summed E-state index contributed by atoms with van der Waals surface area (Å²) < 4.78 is 0. The number of hydrogen-bond acceptors (Lipinski definition) is 8. The molecule has 1 heterocycles. The normalized spacial score (nSPS) is 14.8. The molecule has 0 unspecified atom stereocenters. The van der Waals surface area contributed by atoms with E-state index in [1.165, 1.54) is 11.0 Å². The van der Waals surface area contributed by atoms with Gasteiger partial charge in [0, 0.05) is 25.1 Å². The van der Waals surface area contributed by atoms with Crippen LogP contribution in [0.15, 0.2) is 84.9 Å². The van der Waals surface area contributed by atoms with E-state index in [-0.39, 0.29) is 37.2 Å². The molecule has 0 radical (unpaired) electrons. The summed E-state index contributed by atoms with van der Waals surface area (Å²) >= 11 is 0. The van der Waals surface area contributed by atoms with Gasteiger partial charge in [0.05, 0.1) is 25.2 Å². The van der Waals surface area contributed by atoms with Gasteiger partial charge >= 0.3 is 0 Å². The third kappa shape index (κ3) is 10.7. The molecule has 1 aliphatic rings. The fourth-order valence-electron chi connectivity index (χ4n) is 5.58. The Hall–Kier alpha value is -6.05. The molecule has 7 N–H and O–H groups in total. The number of carbonyl (C=O) groups is 7. The second-order valence-electron chi connectivity index (χ2n) is 11.7. The molecule has 14 heteroatoms. The Balaban J connectivity index is 1.36. The molecule has 262 valence electrons. The van der Waals surface area contributed by atoms with Crippen LogP contribution in [0.5, 0.6) is 0 Å². The van der Waals surface area contributed by atoms with Crippen molar-refractivity contribution >= 4 is 47.4 Å². The van der Waals surface area contributed by atoms with Crippen LogP contribution in [0.1, 0.15) is 34.3 Å². The van der Waals surface area contributed by atoms with E-state index in [1.807, 2.05) is 24.3 Å². The monoisotopic (exact) mass is 683 g/mol. The second kappa shape index (κ2) is 18.5. The maximum atomic E-state index is 13.4. The van der Waals surface area contributed by atoms with E-state index in [2.05, 4.69) is 26.6 Å². The maximum Gasteiger partial charge on any atom is 0.253 e. The zero-order valence-corrected chi connectivity index (χ0v) is 27.4. The van der Waals surface area contributed by atoms with Crippen LogP contribution in [0.3, 0.4) is 0 Å². The van der Waals surface area contributed by atoms with Crippen LogP contribution in [-0.4, -0.2) is 90.9 Å². The van der Waals surface area contributed by atoms with Crippen molar-refractivity contribution in [1.82, 2.24) is 31.5 Å². The number of hydrogen-bond donors (Lipinski definition) is 6. The van der Waals surface area contributed by atoms with E-state index in [0.29, 0.717) is 19.1 Å². The molecule has 1 saturated heterocycles. The highest BCUT2D eigenvalue weighted by Gasteiger charge is 2.36. The third-order valence-corrected chi connectivity index (χ3v) is 8.11. The Morgan fingerprint density at radius 3 is 1.94 bits per heavy atom. The van der Waals surface area contributed by atoms with E-state index in [1.54, 1.807) is 54.6 Å². The van der Waals surface area contributed by atoms with Crippen LogP contribution in [-0.2, 0) is 41.6 Å². The number of para-hydroxylation sites is 1. The summed E-state index contributed by atoms with van der Waals surface area (Å²) in [6, 6.07) is 21.5. The predicted molar refractivity (Wildman–Crippen MR) is 184 cm³/mol. The molecular weight excluding hydrogens is 642 g/mol. The van der Waals surface area contributed by atoms with Crippen molar-refractivity contribution in [2.45, 2.75) is 43.8 Å². The molecule has 0 spiro atoms. The Morgan fingerprint density at radius 1 is 0.740 bits per heavy atom. The van der Waals surface area contributed by atoms with Crippen molar-refractivity contribution in [3.05, 3.63) is 102 Å². The Labute approximate surface area is 289 Å². The molecule has 6 amide bonds. The molecule has 3 aromatic carbocycles. The minimum atomic E-state index is -1.09. The van der Waals surface area contributed by atoms with Crippen molar-refractivity contribution in [1.29, 1.82) is 0 Å². The minimum absolute atomic E-state index is 0.107. The smallest absolute Gasteiger partial charge is 0.253 e. The highest BCUT2D eigenvalue weighted by atomic mass is 16.2. The third-order valence-electron chi connectivity index (χ3n) is 8.11. The first kappa shape index (κ1) is 36.8. The molecule has 0 aromatic heterocycles. The van der Waals surface area contributed by atoms with Crippen LogP contribution >= 0.6 is 0 Å². The first-order valence-electron chi connectivity index (χ1n) is 16.2. The van der Waals surface area contributed by atoms with E-state index >= 15 is 0 Å². The summed E-state index contributed by atoms with van der Waals surface area (Å²) in [6.07, 6.45) is 1.71. The highest BCUT2D eigenvalue weighted by Crippen LogP contribution is 2.18. The summed E-state index contributed by atoms with van der Waals surface area (Å²) in [6.45, 7) is -0.811. The fourth-order valence-corrected chi connectivity index (χ4v) is 5.58. The van der Waals surface area contributed by atoms with Gasteiger partial charge in [0.25, 0.3) is 5.91 Å². The van der Waals surface area contributed by atoms with E-state index < -0.39 is 66.7 Å². The summed E-state index contributed by atoms with van der Waals surface area (Å²) in [4.78, 5) is 90.4. The largest absolute Gasteiger partial charge is 0.398 e. The number of anilines is 1. The molecule has 14 nitrogen and oxygen atoms in total. The molecule has 0 bridgehead atoms. The van der Waals surface area contributed by atoms with Crippen LogP contribution in [0, 0.1) is 0 Å². The SMILES string of the molecule is Nc1ccccc1C(=O)NCC(=O)N[C@@H](Cc1ccccc1)C(=O)NCC(=O)N1CCC[C@H]1C(=O)N[C@@H](Cc1ccccc1)C(=O)NCC=O. The van der Waals surface area contributed by atoms with Crippen molar-refractivity contribution in [3.63, 3.8) is 0 Å². The zero-order chi connectivity index (χ0) is 35.9. The Morgan fingerprint density at radius 2 is 1.32 bits per heavy atom. The lowest BCUT2D eigenvalue weighted by Gasteiger charge is -2.27. The van der Waals surface area contributed by atoms with Gasteiger partial charge in [-0.3, -0.25) is 28.8 Å². The van der Waals surface area contributed by atoms with Gasteiger partial charge in [-0.25, -0.2) is 0 Å². The van der Waals surface area contributed by atoms with Gasteiger partial charge in [0.2, 0.25) is 29.5 Å². The Kier molecular flexibility index (Phi) is 13.6. The van der Waals surface area contributed by atoms with E-state index in [9.17, 15) is 33.6 Å². The average Bonchev–Trinajstić information content (AvgIpc) is 3.63. The summed E-state index contributed by atoms with van der Waals surface area (Å²) in [5.41, 5.74) is 7.85. The van der Waals surface area contributed by atoms with Crippen molar-refractivity contribution in [2.24, 2.45) is 0 Å². The first-order valence-corrected chi connectivity index (χ1v) is 16.2. The average molecular weight is 684 g/mol. The summed E-state index contributed by atoms with van der Waals surface area (Å²) in [7, 11) is 0. The zero-order valence-electron chi connectivity index (χ0n) is 27.4. The minimum Gasteiger partial charge on any atom is -0.398 e. The molecule has 4 rings (SSSR count). The van der Waals surface area contributed by atoms with Crippen LogP contribution in [0.4, 0.5) is 5.69 Å². The van der Waals surface area contributed by atoms with Crippen molar-refractivity contribution in [3.8, 4) is 0 Å². The summed E-state index contributed by atoms with van der Waals surface area (Å²) in [5.74, 6) is -3.40. The van der Waals surface area contributed by atoms with E-state index in [0.717, 1.165) is 11.1 Å². The van der Waals surface area contributed by atoms with Crippen molar-refractivity contribution in [2.75, 3.05) is 31.9 Å². The topological polar surface area (TPSA) is 209 Å². The number of benzene rings is 3. The lowest BCUT2D eigenvalue weighted by molar-refractivity contribution is -0.140. The number of likely N-dealkylation sites (tertiary alicyclic amines) is 1. The molecule has 3 atom stereocenters. The maximum absolute atomic E-state index is 13.4. The number of nitrogens with one attached hydrogen (secondary N) is 5. The molecule has 0 saturated carbocycles. The number of nitrogens with zero attached hydrogens (tertiary/aromatic N) is 1. The number of nitrogen functional groups attached to an aromatic ring is 1. The number of nitrogens with two attached hydrogens (primary N) is 1. The second-order valence-corrected chi connectivity index (χ2v) is 11.7.